The highest BCUT2D eigenvalue weighted by Crippen LogP contribution is 2.45. The van der Waals surface area contributed by atoms with E-state index in [0.29, 0.717) is 6.61 Å². The maximum atomic E-state index is 9.32. The van der Waals surface area contributed by atoms with E-state index in [1.54, 1.807) is 0 Å². The van der Waals surface area contributed by atoms with Crippen LogP contribution in [-0.4, -0.2) is 61.8 Å². The molecule has 1 saturated heterocycles. The molecule has 0 aromatic rings. The van der Waals surface area contributed by atoms with E-state index < -0.39 is 0 Å². The molecule has 3 nitrogen and oxygen atoms in total. The quantitative estimate of drug-likeness (QED) is 0.761. The van der Waals surface area contributed by atoms with Crippen molar-refractivity contribution in [1.82, 2.24) is 9.80 Å². The van der Waals surface area contributed by atoms with E-state index in [1.807, 2.05) is 0 Å². The fourth-order valence-corrected chi connectivity index (χ4v) is 3.11. The number of aliphatic hydroxyl groups excluding tert-OH is 1. The highest BCUT2D eigenvalue weighted by Gasteiger charge is 2.42. The van der Waals surface area contributed by atoms with Crippen molar-refractivity contribution in [2.75, 3.05) is 46.9 Å². The Kier molecular flexibility index (Phi) is 4.45. The van der Waals surface area contributed by atoms with Gasteiger partial charge in [-0.05, 0) is 65.2 Å². The average molecular weight is 240 g/mol. The van der Waals surface area contributed by atoms with Crippen LogP contribution in [0.5, 0.6) is 0 Å². The van der Waals surface area contributed by atoms with Crippen LogP contribution in [0.25, 0.3) is 0 Å². The van der Waals surface area contributed by atoms with Gasteiger partial charge in [0.05, 0.1) is 0 Å². The molecule has 1 saturated carbocycles. The Hall–Kier alpha value is -0.120. The average Bonchev–Trinajstić information content (AvgIpc) is 3.07. The first-order chi connectivity index (χ1) is 8.13. The Morgan fingerprint density at radius 2 is 2.18 bits per heavy atom. The van der Waals surface area contributed by atoms with Crippen molar-refractivity contribution in [3.63, 3.8) is 0 Å². The molecule has 2 rings (SSSR count). The number of piperidine rings is 1. The number of likely N-dealkylation sites (tertiary alicyclic amines) is 1. The van der Waals surface area contributed by atoms with Crippen LogP contribution in [0.15, 0.2) is 0 Å². The fourth-order valence-electron chi connectivity index (χ4n) is 3.11. The van der Waals surface area contributed by atoms with E-state index in [4.69, 9.17) is 0 Å². The molecule has 1 aliphatic carbocycles. The normalized spacial score (nSPS) is 28.6. The Morgan fingerprint density at radius 3 is 2.76 bits per heavy atom. The number of nitrogens with zero attached hydrogens (tertiary/aromatic N) is 2. The topological polar surface area (TPSA) is 26.7 Å². The molecule has 100 valence electrons. The van der Waals surface area contributed by atoms with E-state index in [0.717, 1.165) is 12.5 Å². The van der Waals surface area contributed by atoms with Crippen molar-refractivity contribution >= 4 is 0 Å². The van der Waals surface area contributed by atoms with Crippen molar-refractivity contribution in [1.29, 1.82) is 0 Å². The lowest BCUT2D eigenvalue weighted by Gasteiger charge is -2.31. The SMILES string of the molecule is CN1CCCC(CCN(C)CC2(CO)CC2)C1. The highest BCUT2D eigenvalue weighted by atomic mass is 16.3. The Balaban J connectivity index is 1.63. The van der Waals surface area contributed by atoms with Gasteiger partial charge in [0.2, 0.25) is 0 Å². The van der Waals surface area contributed by atoms with Crippen molar-refractivity contribution in [2.45, 2.75) is 32.1 Å². The number of hydrogen-bond donors (Lipinski definition) is 1. The van der Waals surface area contributed by atoms with Crippen LogP contribution in [0.3, 0.4) is 0 Å². The van der Waals surface area contributed by atoms with Gasteiger partial charge in [0, 0.05) is 25.1 Å². The summed E-state index contributed by atoms with van der Waals surface area (Å²) in [7, 11) is 4.45. The molecular formula is C14H28N2O. The van der Waals surface area contributed by atoms with E-state index in [-0.39, 0.29) is 5.41 Å². The summed E-state index contributed by atoms with van der Waals surface area (Å²) in [6.07, 6.45) is 6.54. The van der Waals surface area contributed by atoms with Crippen molar-refractivity contribution in [3.8, 4) is 0 Å². The summed E-state index contributed by atoms with van der Waals surface area (Å²) < 4.78 is 0. The summed E-state index contributed by atoms with van der Waals surface area (Å²) in [6.45, 7) is 5.22. The van der Waals surface area contributed by atoms with Crippen molar-refractivity contribution in [2.24, 2.45) is 11.3 Å². The van der Waals surface area contributed by atoms with Crippen LogP contribution < -0.4 is 0 Å². The first-order valence-corrected chi connectivity index (χ1v) is 7.11. The smallest absolute Gasteiger partial charge is 0.0499 e. The van der Waals surface area contributed by atoms with E-state index in [9.17, 15) is 5.11 Å². The first kappa shape index (κ1) is 13.3. The monoisotopic (exact) mass is 240 g/mol. The molecule has 1 atom stereocenters. The minimum atomic E-state index is 0.276. The second kappa shape index (κ2) is 5.68. The third-order valence-electron chi connectivity index (χ3n) is 4.54. The van der Waals surface area contributed by atoms with E-state index >= 15 is 0 Å². The molecule has 1 heterocycles. The zero-order valence-electron chi connectivity index (χ0n) is 11.5. The van der Waals surface area contributed by atoms with Gasteiger partial charge in [-0.15, -0.1) is 0 Å². The zero-order chi connectivity index (χ0) is 12.3. The number of hydrogen-bond acceptors (Lipinski definition) is 3. The van der Waals surface area contributed by atoms with E-state index in [2.05, 4.69) is 23.9 Å². The molecule has 0 amide bonds. The molecule has 0 bridgehead atoms. The highest BCUT2D eigenvalue weighted by molar-refractivity contribution is 4.94. The maximum absolute atomic E-state index is 9.32. The summed E-state index contributed by atoms with van der Waals surface area (Å²) in [5.41, 5.74) is 0.276. The second-order valence-corrected chi connectivity index (χ2v) is 6.46. The molecule has 2 fully saturated rings. The first-order valence-electron chi connectivity index (χ1n) is 7.11. The molecule has 1 unspecified atom stereocenters. The summed E-state index contributed by atoms with van der Waals surface area (Å²) in [5.74, 6) is 0.889. The molecule has 0 aromatic heterocycles. The standard InChI is InChI=1S/C14H28N2O/c1-15-8-3-4-13(10-15)5-9-16(2)11-14(12-17)6-7-14/h13,17H,3-12H2,1-2H3. The fraction of sp³-hybridized carbons (Fsp3) is 1.00. The molecule has 0 spiro atoms. The van der Waals surface area contributed by atoms with E-state index in [1.165, 1.54) is 51.7 Å². The van der Waals surface area contributed by atoms with Gasteiger partial charge >= 0.3 is 0 Å². The Labute approximate surface area is 106 Å². The predicted molar refractivity (Wildman–Crippen MR) is 71.1 cm³/mol. The second-order valence-electron chi connectivity index (χ2n) is 6.46. The van der Waals surface area contributed by atoms with Gasteiger partial charge in [0.1, 0.15) is 0 Å². The predicted octanol–water partition coefficient (Wildman–Crippen LogP) is 1.42. The summed E-state index contributed by atoms with van der Waals surface area (Å²) in [6, 6.07) is 0. The Morgan fingerprint density at radius 1 is 1.41 bits per heavy atom. The molecule has 3 heteroatoms. The van der Waals surface area contributed by atoms with Crippen LogP contribution in [0.2, 0.25) is 0 Å². The molecule has 1 aliphatic heterocycles. The van der Waals surface area contributed by atoms with Gasteiger partial charge in [0.15, 0.2) is 0 Å². The van der Waals surface area contributed by atoms with Crippen LogP contribution in [0, 0.1) is 11.3 Å². The van der Waals surface area contributed by atoms with Crippen molar-refractivity contribution in [3.05, 3.63) is 0 Å². The zero-order valence-corrected chi connectivity index (χ0v) is 11.5. The van der Waals surface area contributed by atoms with Gasteiger partial charge in [-0.1, -0.05) is 0 Å². The largest absolute Gasteiger partial charge is 0.396 e. The third-order valence-corrected chi connectivity index (χ3v) is 4.54. The molecule has 0 aromatic carbocycles. The van der Waals surface area contributed by atoms with Crippen LogP contribution >= 0.6 is 0 Å². The lowest BCUT2D eigenvalue weighted by atomic mass is 9.95. The van der Waals surface area contributed by atoms with Crippen LogP contribution in [0.1, 0.15) is 32.1 Å². The summed E-state index contributed by atoms with van der Waals surface area (Å²) in [4.78, 5) is 4.89. The molecule has 17 heavy (non-hydrogen) atoms. The Bertz CT molecular complexity index is 240. The van der Waals surface area contributed by atoms with Crippen LogP contribution in [-0.2, 0) is 0 Å². The minimum absolute atomic E-state index is 0.276. The van der Waals surface area contributed by atoms with Crippen molar-refractivity contribution < 1.29 is 5.11 Å². The minimum Gasteiger partial charge on any atom is -0.396 e. The van der Waals surface area contributed by atoms with Gasteiger partial charge in [-0.3, -0.25) is 0 Å². The van der Waals surface area contributed by atoms with Gasteiger partial charge < -0.3 is 14.9 Å². The number of aliphatic hydroxyl groups is 1. The summed E-state index contributed by atoms with van der Waals surface area (Å²) >= 11 is 0. The van der Waals surface area contributed by atoms with Crippen LogP contribution in [0.4, 0.5) is 0 Å². The lowest BCUT2D eigenvalue weighted by molar-refractivity contribution is 0.147. The molecule has 2 aliphatic rings. The summed E-state index contributed by atoms with van der Waals surface area (Å²) in [5, 5.41) is 9.32. The molecule has 1 N–H and O–H groups in total. The molecular weight excluding hydrogens is 212 g/mol. The van der Waals surface area contributed by atoms with Gasteiger partial charge in [-0.2, -0.15) is 0 Å². The maximum Gasteiger partial charge on any atom is 0.0499 e. The van der Waals surface area contributed by atoms with Gasteiger partial charge in [-0.25, -0.2) is 0 Å². The molecule has 0 radical (unpaired) electrons. The third kappa shape index (κ3) is 3.94. The number of rotatable bonds is 6. The lowest BCUT2D eigenvalue weighted by Crippen LogP contribution is -2.35. The van der Waals surface area contributed by atoms with Gasteiger partial charge in [0.25, 0.3) is 0 Å².